The van der Waals surface area contributed by atoms with Gasteiger partial charge in [-0.25, -0.2) is 0 Å². The van der Waals surface area contributed by atoms with Gasteiger partial charge >= 0.3 is 0 Å². The molecule has 3 nitrogen and oxygen atoms in total. The van der Waals surface area contributed by atoms with Gasteiger partial charge in [0.1, 0.15) is 14.2 Å². The fourth-order valence-electron chi connectivity index (χ4n) is 7.75. The lowest BCUT2D eigenvalue weighted by molar-refractivity contribution is 0.0388. The summed E-state index contributed by atoms with van der Waals surface area (Å²) in [5, 5.41) is 4.56. The molecule has 4 aromatic rings. The molecule has 0 saturated carbocycles. The first-order valence-corrected chi connectivity index (χ1v) is 26.1. The molecule has 260 valence electrons. The molecule has 4 aromatic carbocycles. The Morgan fingerprint density at radius 2 is 0.960 bits per heavy atom. The van der Waals surface area contributed by atoms with Crippen molar-refractivity contribution < 1.29 is 13.6 Å². The van der Waals surface area contributed by atoms with Crippen molar-refractivity contribution in [3.05, 3.63) is 131 Å². The van der Waals surface area contributed by atoms with Gasteiger partial charge in [-0.2, -0.15) is 0 Å². The zero-order chi connectivity index (χ0) is 36.0. The Hall–Kier alpha value is -2.56. The minimum absolute atomic E-state index is 0.200. The van der Waals surface area contributed by atoms with Gasteiger partial charge in [0.15, 0.2) is 11.7 Å². The Labute approximate surface area is 317 Å². The van der Waals surface area contributed by atoms with Gasteiger partial charge in [0, 0.05) is 3.58 Å². The van der Waals surface area contributed by atoms with Gasteiger partial charge in [0.25, 0.3) is 16.6 Å². The van der Waals surface area contributed by atoms with Crippen LogP contribution < -0.4 is 20.7 Å². The second kappa shape index (κ2) is 13.8. The van der Waals surface area contributed by atoms with Gasteiger partial charge in [-0.1, -0.05) is 188 Å². The van der Waals surface area contributed by atoms with Gasteiger partial charge in [0.2, 0.25) is 0 Å². The van der Waals surface area contributed by atoms with Crippen molar-refractivity contribution in [3.8, 4) is 11.5 Å². The van der Waals surface area contributed by atoms with Crippen molar-refractivity contribution in [2.24, 2.45) is 0 Å². The predicted molar refractivity (Wildman–Crippen MR) is 226 cm³/mol. The minimum atomic E-state index is -3.02. The van der Waals surface area contributed by atoms with Crippen LogP contribution in [0.3, 0.4) is 0 Å². The van der Waals surface area contributed by atoms with Crippen molar-refractivity contribution in [2.45, 2.75) is 95.2 Å². The summed E-state index contributed by atoms with van der Waals surface area (Å²) >= 11 is 2.50. The van der Waals surface area contributed by atoms with Gasteiger partial charge < -0.3 is 13.6 Å². The maximum Gasteiger partial charge on any atom is 0.262 e. The third-order valence-corrected chi connectivity index (χ3v) is 22.2. The van der Waals surface area contributed by atoms with Crippen molar-refractivity contribution in [1.29, 1.82) is 0 Å². The predicted octanol–water partition coefficient (Wildman–Crippen LogP) is 8.23. The summed E-state index contributed by atoms with van der Waals surface area (Å²) in [6, 6.07) is 43.7. The minimum Gasteiger partial charge on any atom is -0.398 e. The SMILES string of the molecule is CC(C)(C)[Si](O[C@H]1C=C(I)[C@]2(O[C@H]2C#C[Si](C)(C)C)[C@@H]1O[Si](c1ccccc1)(c1ccccc1)C(C)(C)C)(c1ccccc1)c1ccccc1. The third-order valence-electron chi connectivity index (χ3n) is 10.1. The van der Waals surface area contributed by atoms with E-state index >= 15 is 0 Å². The third kappa shape index (κ3) is 6.62. The van der Waals surface area contributed by atoms with Crippen LogP contribution in [0.1, 0.15) is 41.5 Å². The normalized spacial score (nSPS) is 22.5. The van der Waals surface area contributed by atoms with E-state index in [1.54, 1.807) is 0 Å². The number of ether oxygens (including phenoxy) is 1. The monoisotopic (exact) mass is 826 g/mol. The maximum atomic E-state index is 8.09. The quantitative estimate of drug-likeness (QED) is 0.0777. The molecular formula is C43H51IO3Si3. The first-order chi connectivity index (χ1) is 23.6. The number of halogens is 1. The summed E-state index contributed by atoms with van der Waals surface area (Å²) in [5.41, 5.74) is 2.93. The Bertz CT molecular complexity index is 1790. The molecule has 6 rings (SSSR count). The number of epoxide rings is 1. The average molecular weight is 827 g/mol. The van der Waals surface area contributed by atoms with Crippen LogP contribution in [0.4, 0.5) is 0 Å². The zero-order valence-corrected chi connectivity index (χ0v) is 36.1. The average Bonchev–Trinajstić information content (AvgIpc) is 3.76. The molecule has 2 aliphatic rings. The van der Waals surface area contributed by atoms with Crippen LogP contribution in [0.5, 0.6) is 0 Å². The van der Waals surface area contributed by atoms with E-state index in [4.69, 9.17) is 13.6 Å². The van der Waals surface area contributed by atoms with Gasteiger partial charge in [-0.15, -0.1) is 5.54 Å². The van der Waals surface area contributed by atoms with E-state index in [0.717, 1.165) is 3.58 Å². The van der Waals surface area contributed by atoms with E-state index in [1.165, 1.54) is 20.7 Å². The number of benzene rings is 4. The molecule has 1 spiro atoms. The first-order valence-electron chi connectivity index (χ1n) is 17.7. The second-order valence-electron chi connectivity index (χ2n) is 16.8. The molecule has 7 heteroatoms. The van der Waals surface area contributed by atoms with Crippen molar-refractivity contribution in [2.75, 3.05) is 0 Å². The van der Waals surface area contributed by atoms with Crippen LogP contribution in [0.2, 0.25) is 29.7 Å². The second-order valence-corrected chi connectivity index (χ2v) is 31.2. The van der Waals surface area contributed by atoms with Crippen LogP contribution in [0, 0.1) is 11.5 Å². The molecule has 1 aliphatic heterocycles. The van der Waals surface area contributed by atoms with Gasteiger partial charge in [0.05, 0.1) is 6.10 Å². The number of rotatable bonds is 8. The van der Waals surface area contributed by atoms with E-state index in [1.807, 2.05) is 0 Å². The summed E-state index contributed by atoms with van der Waals surface area (Å²) in [7, 11) is -7.65. The van der Waals surface area contributed by atoms with Crippen LogP contribution in [0.15, 0.2) is 131 Å². The van der Waals surface area contributed by atoms with E-state index in [-0.39, 0.29) is 22.3 Å². The highest BCUT2D eigenvalue weighted by atomic mass is 127. The molecule has 50 heavy (non-hydrogen) atoms. The highest BCUT2D eigenvalue weighted by Crippen LogP contribution is 2.57. The molecule has 0 radical (unpaired) electrons. The zero-order valence-electron chi connectivity index (χ0n) is 31.0. The summed E-state index contributed by atoms with van der Waals surface area (Å²) in [5.74, 6) is 3.61. The molecule has 4 atom stereocenters. The maximum absolute atomic E-state index is 8.09. The largest absolute Gasteiger partial charge is 0.398 e. The molecule has 0 amide bonds. The van der Waals surface area contributed by atoms with E-state index < -0.39 is 36.4 Å². The van der Waals surface area contributed by atoms with Crippen LogP contribution in [0.25, 0.3) is 0 Å². The van der Waals surface area contributed by atoms with Gasteiger partial charge in [-0.05, 0) is 59.5 Å². The highest BCUT2D eigenvalue weighted by Gasteiger charge is 2.72. The molecule has 0 unspecified atom stereocenters. The van der Waals surface area contributed by atoms with Crippen molar-refractivity contribution in [1.82, 2.24) is 0 Å². The molecular weight excluding hydrogens is 776 g/mol. The lowest BCUT2D eigenvalue weighted by Crippen LogP contribution is -2.71. The van der Waals surface area contributed by atoms with Crippen molar-refractivity contribution in [3.63, 3.8) is 0 Å². The molecule has 0 aromatic heterocycles. The molecule has 1 aliphatic carbocycles. The lowest BCUT2D eigenvalue weighted by Gasteiger charge is -2.48. The van der Waals surface area contributed by atoms with E-state index in [9.17, 15) is 0 Å². The number of hydrogen-bond donors (Lipinski definition) is 0. The molecule has 0 bridgehead atoms. The Morgan fingerprint density at radius 1 is 0.600 bits per heavy atom. The van der Waals surface area contributed by atoms with Gasteiger partial charge in [-0.3, -0.25) is 0 Å². The fourth-order valence-corrected chi connectivity index (χ4v) is 18.7. The highest BCUT2D eigenvalue weighted by molar-refractivity contribution is 14.1. The topological polar surface area (TPSA) is 31.0 Å². The summed E-state index contributed by atoms with van der Waals surface area (Å²) < 4.78 is 24.0. The molecule has 1 heterocycles. The van der Waals surface area contributed by atoms with Crippen molar-refractivity contribution >= 4 is 68.0 Å². The Morgan fingerprint density at radius 3 is 1.30 bits per heavy atom. The lowest BCUT2D eigenvalue weighted by atomic mass is 10.0. The van der Waals surface area contributed by atoms with Crippen LogP contribution in [-0.4, -0.2) is 48.6 Å². The Balaban J connectivity index is 1.59. The summed E-state index contributed by atoms with van der Waals surface area (Å²) in [4.78, 5) is 0. The van der Waals surface area contributed by atoms with Crippen LogP contribution >= 0.6 is 22.6 Å². The van der Waals surface area contributed by atoms with E-state index in [2.05, 4.69) is 223 Å². The smallest absolute Gasteiger partial charge is 0.262 e. The standard InChI is InChI=1S/C43H51IO3Si3/c1-41(2,3)49(33-22-14-10-15-23-33,34-24-16-11-17-25-34)46-37-32-38(44)43(39(45-43)30-31-48(7,8)9)40(37)47-50(42(4,5)6,35-26-18-12-19-27-35)36-28-20-13-21-29-36/h10-29,32,37,39-40H,1-9H3/t37-,39-,40+,43+/m0/s1. The summed E-state index contributed by atoms with van der Waals surface area (Å²) in [6.45, 7) is 20.9. The summed E-state index contributed by atoms with van der Waals surface area (Å²) in [6.07, 6.45) is 1.27. The molecule has 1 fully saturated rings. The first kappa shape index (κ1) is 37.2. The molecule has 0 N–H and O–H groups in total. The molecule has 1 saturated heterocycles. The van der Waals surface area contributed by atoms with E-state index in [0.29, 0.717) is 0 Å². The van der Waals surface area contributed by atoms with Crippen LogP contribution in [-0.2, 0) is 13.6 Å². The number of hydrogen-bond acceptors (Lipinski definition) is 3. The Kier molecular flexibility index (Phi) is 10.2. The fraction of sp³-hybridized carbons (Fsp3) is 0.349.